The zero-order valence-electron chi connectivity index (χ0n) is 11.6. The minimum Gasteiger partial charge on any atom is -0.345 e. The highest BCUT2D eigenvalue weighted by molar-refractivity contribution is 7.28. The Bertz CT molecular complexity index is 888. The minimum atomic E-state index is -0.247. The maximum absolute atomic E-state index is 11.5. The fourth-order valence-corrected chi connectivity index (χ4v) is 2.61. The van der Waals surface area contributed by atoms with E-state index in [1.165, 1.54) is 6.08 Å². The van der Waals surface area contributed by atoms with Gasteiger partial charge in [0.2, 0.25) is 5.91 Å². The maximum atomic E-state index is 11.5. The summed E-state index contributed by atoms with van der Waals surface area (Å²) in [5.41, 5.74) is 3.33. The SMILES string of the molecule is C=CC(=O)Nc1cc(-c2cnc3[nH]cc(Cl)c3c2)ccc1P. The highest BCUT2D eigenvalue weighted by Crippen LogP contribution is 2.28. The van der Waals surface area contributed by atoms with Crippen LogP contribution in [0.1, 0.15) is 0 Å². The molecule has 0 spiro atoms. The quantitative estimate of drug-likeness (QED) is 0.570. The fraction of sp³-hybridized carbons (Fsp3) is 0. The van der Waals surface area contributed by atoms with Gasteiger partial charge in [-0.2, -0.15) is 0 Å². The normalized spacial score (nSPS) is 10.6. The number of nitrogens with one attached hydrogen (secondary N) is 2. The number of pyridine rings is 1. The molecule has 1 aromatic carbocycles. The molecule has 1 unspecified atom stereocenters. The Kier molecular flexibility index (Phi) is 3.97. The first-order chi connectivity index (χ1) is 10.6. The molecular formula is C16H13ClN3OP. The van der Waals surface area contributed by atoms with Crippen LogP contribution >= 0.6 is 20.8 Å². The van der Waals surface area contributed by atoms with E-state index in [1.54, 1.807) is 12.4 Å². The van der Waals surface area contributed by atoms with Crippen LogP contribution in [0.15, 0.2) is 49.3 Å². The van der Waals surface area contributed by atoms with Crippen LogP contribution in [0.3, 0.4) is 0 Å². The number of rotatable bonds is 3. The molecule has 0 bridgehead atoms. The Hall–Kier alpha value is -2.16. The molecule has 2 heterocycles. The van der Waals surface area contributed by atoms with Gasteiger partial charge in [0.1, 0.15) is 5.65 Å². The third-order valence-corrected chi connectivity index (χ3v) is 4.13. The van der Waals surface area contributed by atoms with Crippen LogP contribution in [0.5, 0.6) is 0 Å². The van der Waals surface area contributed by atoms with Gasteiger partial charge in [-0.25, -0.2) is 4.98 Å². The Morgan fingerprint density at radius 1 is 1.36 bits per heavy atom. The van der Waals surface area contributed by atoms with Crippen LogP contribution in [0.2, 0.25) is 5.02 Å². The van der Waals surface area contributed by atoms with Crippen molar-refractivity contribution in [1.82, 2.24) is 9.97 Å². The van der Waals surface area contributed by atoms with Crippen molar-refractivity contribution < 1.29 is 4.79 Å². The largest absolute Gasteiger partial charge is 0.345 e. The lowest BCUT2D eigenvalue weighted by atomic mass is 10.1. The molecule has 1 atom stereocenters. The van der Waals surface area contributed by atoms with E-state index in [2.05, 4.69) is 31.1 Å². The monoisotopic (exact) mass is 329 g/mol. The van der Waals surface area contributed by atoms with Gasteiger partial charge in [0, 0.05) is 29.0 Å². The lowest BCUT2D eigenvalue weighted by Crippen LogP contribution is -2.12. The summed E-state index contributed by atoms with van der Waals surface area (Å²) in [6, 6.07) is 7.75. The van der Waals surface area contributed by atoms with Gasteiger partial charge in [-0.05, 0) is 29.1 Å². The molecule has 0 saturated heterocycles. The van der Waals surface area contributed by atoms with Gasteiger partial charge in [-0.3, -0.25) is 4.79 Å². The van der Waals surface area contributed by atoms with Crippen molar-refractivity contribution in [3.8, 4) is 11.1 Å². The Labute approximate surface area is 134 Å². The number of carbonyl (C=O) groups is 1. The molecule has 3 rings (SSSR count). The van der Waals surface area contributed by atoms with Crippen molar-refractivity contribution in [3.63, 3.8) is 0 Å². The van der Waals surface area contributed by atoms with E-state index in [4.69, 9.17) is 11.6 Å². The van der Waals surface area contributed by atoms with Crippen molar-refractivity contribution in [1.29, 1.82) is 0 Å². The minimum absolute atomic E-state index is 0.247. The van der Waals surface area contributed by atoms with Crippen molar-refractivity contribution in [2.75, 3.05) is 5.32 Å². The van der Waals surface area contributed by atoms with E-state index in [0.717, 1.165) is 27.5 Å². The van der Waals surface area contributed by atoms with Gasteiger partial charge < -0.3 is 10.3 Å². The molecule has 0 saturated carbocycles. The first-order valence-electron chi connectivity index (χ1n) is 6.54. The van der Waals surface area contributed by atoms with E-state index in [0.29, 0.717) is 10.7 Å². The topological polar surface area (TPSA) is 57.8 Å². The van der Waals surface area contributed by atoms with Crippen LogP contribution in [0.4, 0.5) is 5.69 Å². The first-order valence-corrected chi connectivity index (χ1v) is 7.50. The number of nitrogens with zero attached hydrogens (tertiary/aromatic N) is 1. The summed E-state index contributed by atoms with van der Waals surface area (Å²) in [5, 5.41) is 5.18. The number of halogens is 1. The number of aromatic amines is 1. The summed E-state index contributed by atoms with van der Waals surface area (Å²) in [6.45, 7) is 3.46. The molecule has 0 aliphatic rings. The molecular weight excluding hydrogens is 317 g/mol. The summed E-state index contributed by atoms with van der Waals surface area (Å²) < 4.78 is 0. The second-order valence-corrected chi connectivity index (χ2v) is 5.78. The standard InChI is InChI=1S/C16H13ClN3OP/c1-2-15(21)20-13-6-9(3-4-14(13)22)10-5-11-12(17)8-19-16(11)18-7-10/h2-8H,1,22H2,(H,18,19)(H,20,21). The third kappa shape index (κ3) is 2.76. The van der Waals surface area contributed by atoms with Crippen LogP contribution in [-0.2, 0) is 4.79 Å². The van der Waals surface area contributed by atoms with Crippen molar-refractivity contribution in [2.45, 2.75) is 0 Å². The van der Waals surface area contributed by atoms with E-state index in [-0.39, 0.29) is 5.91 Å². The van der Waals surface area contributed by atoms with E-state index in [1.807, 2.05) is 24.3 Å². The smallest absolute Gasteiger partial charge is 0.247 e. The Morgan fingerprint density at radius 3 is 2.95 bits per heavy atom. The molecule has 1 amide bonds. The first kappa shape index (κ1) is 14.8. The highest BCUT2D eigenvalue weighted by Gasteiger charge is 2.08. The molecule has 22 heavy (non-hydrogen) atoms. The second-order valence-electron chi connectivity index (χ2n) is 4.75. The number of carbonyl (C=O) groups excluding carboxylic acids is 1. The van der Waals surface area contributed by atoms with Crippen molar-refractivity contribution in [3.05, 3.63) is 54.3 Å². The predicted octanol–water partition coefficient (Wildman–Crippen LogP) is 3.51. The summed E-state index contributed by atoms with van der Waals surface area (Å²) >= 11 is 6.13. The van der Waals surface area contributed by atoms with Gasteiger partial charge >= 0.3 is 0 Å². The number of hydrogen-bond acceptors (Lipinski definition) is 2. The van der Waals surface area contributed by atoms with Gasteiger partial charge in [-0.1, -0.05) is 30.3 Å². The maximum Gasteiger partial charge on any atom is 0.247 e. The number of amides is 1. The van der Waals surface area contributed by atoms with E-state index in [9.17, 15) is 4.79 Å². The number of hydrogen-bond donors (Lipinski definition) is 2. The van der Waals surface area contributed by atoms with Crippen LogP contribution in [-0.4, -0.2) is 15.9 Å². The molecule has 4 nitrogen and oxygen atoms in total. The third-order valence-electron chi connectivity index (χ3n) is 3.31. The summed E-state index contributed by atoms with van der Waals surface area (Å²) in [7, 11) is 2.59. The molecule has 2 N–H and O–H groups in total. The molecule has 2 aromatic heterocycles. The number of fused-ring (bicyclic) bond motifs is 1. The molecule has 0 radical (unpaired) electrons. The lowest BCUT2D eigenvalue weighted by molar-refractivity contribution is -0.111. The zero-order valence-corrected chi connectivity index (χ0v) is 13.5. The molecule has 0 aliphatic heterocycles. The Morgan fingerprint density at radius 2 is 2.18 bits per heavy atom. The lowest BCUT2D eigenvalue weighted by Gasteiger charge is -2.09. The van der Waals surface area contributed by atoms with Gasteiger partial charge in [0.05, 0.1) is 5.02 Å². The zero-order chi connectivity index (χ0) is 15.7. The number of anilines is 1. The van der Waals surface area contributed by atoms with Gasteiger partial charge in [0.25, 0.3) is 0 Å². The molecule has 3 aromatic rings. The molecule has 110 valence electrons. The Balaban J connectivity index is 2.06. The van der Waals surface area contributed by atoms with Crippen LogP contribution in [0, 0.1) is 0 Å². The van der Waals surface area contributed by atoms with Crippen LogP contribution < -0.4 is 10.6 Å². The number of aromatic nitrogens is 2. The van der Waals surface area contributed by atoms with Crippen molar-refractivity contribution >= 4 is 48.8 Å². The molecule has 0 aliphatic carbocycles. The van der Waals surface area contributed by atoms with Crippen LogP contribution in [0.25, 0.3) is 22.2 Å². The highest BCUT2D eigenvalue weighted by atomic mass is 35.5. The molecule has 6 heteroatoms. The average Bonchev–Trinajstić information content (AvgIpc) is 2.90. The van der Waals surface area contributed by atoms with E-state index < -0.39 is 0 Å². The van der Waals surface area contributed by atoms with Gasteiger partial charge in [-0.15, -0.1) is 9.24 Å². The van der Waals surface area contributed by atoms with Crippen molar-refractivity contribution in [2.24, 2.45) is 0 Å². The predicted molar refractivity (Wildman–Crippen MR) is 94.7 cm³/mol. The number of benzene rings is 1. The average molecular weight is 330 g/mol. The second kappa shape index (κ2) is 5.91. The summed E-state index contributed by atoms with van der Waals surface area (Å²) in [4.78, 5) is 18.9. The summed E-state index contributed by atoms with van der Waals surface area (Å²) in [6.07, 6.45) is 4.72. The van der Waals surface area contributed by atoms with E-state index >= 15 is 0 Å². The fourth-order valence-electron chi connectivity index (χ4n) is 2.16. The van der Waals surface area contributed by atoms with Gasteiger partial charge in [0.15, 0.2) is 0 Å². The summed E-state index contributed by atoms with van der Waals surface area (Å²) in [5.74, 6) is -0.247. The number of H-pyrrole nitrogens is 1. The molecule has 0 fully saturated rings.